The van der Waals surface area contributed by atoms with Crippen molar-refractivity contribution in [3.63, 3.8) is 0 Å². The summed E-state index contributed by atoms with van der Waals surface area (Å²) in [6.07, 6.45) is 4.15. The van der Waals surface area contributed by atoms with Gasteiger partial charge in [-0.15, -0.1) is 0 Å². The molecule has 0 aromatic carbocycles. The first-order valence-electron chi connectivity index (χ1n) is 7.38. The van der Waals surface area contributed by atoms with Crippen molar-refractivity contribution in [2.75, 3.05) is 24.3 Å². The molecule has 3 atom stereocenters. The van der Waals surface area contributed by atoms with E-state index in [9.17, 15) is 0 Å². The summed E-state index contributed by atoms with van der Waals surface area (Å²) in [6, 6.07) is 0.339. The van der Waals surface area contributed by atoms with Crippen molar-refractivity contribution in [1.82, 2.24) is 15.0 Å². The summed E-state index contributed by atoms with van der Waals surface area (Å²) in [7, 11) is 3.90. The minimum Gasteiger partial charge on any atom is -0.373 e. The number of anilines is 2. The van der Waals surface area contributed by atoms with E-state index in [0.717, 1.165) is 18.7 Å². The van der Waals surface area contributed by atoms with Crippen LogP contribution in [-0.4, -0.2) is 47.3 Å². The minimum absolute atomic E-state index is 0.286. The van der Waals surface area contributed by atoms with Crippen molar-refractivity contribution >= 4 is 11.9 Å². The lowest BCUT2D eigenvalue weighted by Crippen LogP contribution is -2.31. The molecule has 1 aromatic rings. The van der Waals surface area contributed by atoms with Gasteiger partial charge in [0.2, 0.25) is 11.9 Å². The van der Waals surface area contributed by atoms with E-state index in [4.69, 9.17) is 4.74 Å². The molecule has 1 aromatic heterocycles. The molecule has 0 saturated carbocycles. The van der Waals surface area contributed by atoms with Crippen LogP contribution in [0.4, 0.5) is 11.9 Å². The summed E-state index contributed by atoms with van der Waals surface area (Å²) in [5.41, 5.74) is 0. The second-order valence-electron chi connectivity index (χ2n) is 6.23. The molecule has 3 unspecified atom stereocenters. The van der Waals surface area contributed by atoms with Crippen LogP contribution in [0.15, 0.2) is 0 Å². The van der Waals surface area contributed by atoms with E-state index in [-0.39, 0.29) is 5.92 Å². The lowest BCUT2D eigenvalue weighted by Gasteiger charge is -2.21. The van der Waals surface area contributed by atoms with Crippen LogP contribution >= 0.6 is 0 Å². The van der Waals surface area contributed by atoms with Crippen LogP contribution in [0.25, 0.3) is 0 Å². The Kier molecular flexibility index (Phi) is 3.50. The van der Waals surface area contributed by atoms with Crippen molar-refractivity contribution in [2.24, 2.45) is 0 Å². The molecule has 3 heterocycles. The van der Waals surface area contributed by atoms with Gasteiger partial charge in [0.05, 0.1) is 18.2 Å². The summed E-state index contributed by atoms with van der Waals surface area (Å²) in [5.74, 6) is 2.49. The van der Waals surface area contributed by atoms with Gasteiger partial charge in [-0.05, 0) is 19.3 Å². The maximum absolute atomic E-state index is 5.87. The highest BCUT2D eigenvalue weighted by Crippen LogP contribution is 2.35. The fraction of sp³-hybridized carbons (Fsp3) is 0.786. The monoisotopic (exact) mass is 277 g/mol. The molecule has 6 heteroatoms. The average Bonchev–Trinajstić information content (AvgIpc) is 3.00. The number of nitrogens with one attached hydrogen (secondary N) is 1. The maximum Gasteiger partial charge on any atom is 0.229 e. The number of aromatic nitrogens is 3. The molecule has 0 amide bonds. The van der Waals surface area contributed by atoms with Gasteiger partial charge in [0.15, 0.2) is 0 Å². The van der Waals surface area contributed by atoms with Crippen LogP contribution in [0.5, 0.6) is 0 Å². The second-order valence-corrected chi connectivity index (χ2v) is 6.23. The van der Waals surface area contributed by atoms with E-state index in [0.29, 0.717) is 30.1 Å². The van der Waals surface area contributed by atoms with Gasteiger partial charge in [-0.2, -0.15) is 15.0 Å². The standard InChI is InChI=1S/C14H23N5O/c1-8(2)12-16-13(18-14(17-12)19(3)4)15-10-7-9-5-6-11(10)20-9/h8-11H,5-7H2,1-4H3,(H,15,16,17,18). The van der Waals surface area contributed by atoms with E-state index in [1.165, 1.54) is 6.42 Å². The molecule has 0 radical (unpaired) electrons. The molecule has 2 bridgehead atoms. The van der Waals surface area contributed by atoms with Crippen molar-refractivity contribution in [1.29, 1.82) is 0 Å². The Morgan fingerprint density at radius 2 is 2.00 bits per heavy atom. The number of rotatable bonds is 4. The van der Waals surface area contributed by atoms with Crippen LogP contribution in [0.3, 0.4) is 0 Å². The van der Waals surface area contributed by atoms with Gasteiger partial charge in [-0.3, -0.25) is 0 Å². The summed E-state index contributed by atoms with van der Waals surface area (Å²) < 4.78 is 5.87. The van der Waals surface area contributed by atoms with E-state index in [2.05, 4.69) is 34.1 Å². The molecule has 6 nitrogen and oxygen atoms in total. The smallest absolute Gasteiger partial charge is 0.229 e. The van der Waals surface area contributed by atoms with Gasteiger partial charge in [0.1, 0.15) is 5.82 Å². The fourth-order valence-electron chi connectivity index (χ4n) is 2.86. The van der Waals surface area contributed by atoms with Crippen LogP contribution in [-0.2, 0) is 4.74 Å². The molecule has 2 fully saturated rings. The minimum atomic E-state index is 0.286. The van der Waals surface area contributed by atoms with E-state index < -0.39 is 0 Å². The lowest BCUT2D eigenvalue weighted by molar-refractivity contribution is 0.102. The van der Waals surface area contributed by atoms with Gasteiger partial charge in [0.25, 0.3) is 0 Å². The molecule has 2 saturated heterocycles. The quantitative estimate of drug-likeness (QED) is 0.905. The first-order valence-corrected chi connectivity index (χ1v) is 7.38. The molecule has 3 rings (SSSR count). The van der Waals surface area contributed by atoms with Gasteiger partial charge in [-0.1, -0.05) is 13.8 Å². The molecule has 2 aliphatic rings. The normalized spacial score (nSPS) is 28.1. The SMILES string of the molecule is CC(C)c1nc(NC2CC3CCC2O3)nc(N(C)C)n1. The Bertz CT molecular complexity index is 464. The topological polar surface area (TPSA) is 63.2 Å². The highest BCUT2D eigenvalue weighted by Gasteiger charge is 2.41. The van der Waals surface area contributed by atoms with Crippen molar-refractivity contribution in [3.8, 4) is 0 Å². The second kappa shape index (κ2) is 5.16. The fourth-order valence-corrected chi connectivity index (χ4v) is 2.86. The van der Waals surface area contributed by atoms with Crippen molar-refractivity contribution < 1.29 is 4.74 Å². The molecule has 2 aliphatic heterocycles. The molecule has 0 spiro atoms. The molecule has 20 heavy (non-hydrogen) atoms. The third-order valence-electron chi connectivity index (χ3n) is 3.98. The molecular weight excluding hydrogens is 254 g/mol. The summed E-state index contributed by atoms with van der Waals surface area (Å²) in [6.45, 7) is 4.19. The number of nitrogens with zero attached hydrogens (tertiary/aromatic N) is 4. The van der Waals surface area contributed by atoms with E-state index in [1.807, 2.05) is 19.0 Å². The zero-order valence-corrected chi connectivity index (χ0v) is 12.6. The number of hydrogen-bond donors (Lipinski definition) is 1. The lowest BCUT2D eigenvalue weighted by atomic mass is 9.96. The van der Waals surface area contributed by atoms with E-state index in [1.54, 1.807) is 0 Å². The zero-order chi connectivity index (χ0) is 14.3. The Morgan fingerprint density at radius 3 is 2.55 bits per heavy atom. The molecule has 0 aliphatic carbocycles. The van der Waals surface area contributed by atoms with Gasteiger partial charge < -0.3 is 15.0 Å². The van der Waals surface area contributed by atoms with Crippen molar-refractivity contribution in [3.05, 3.63) is 5.82 Å². The van der Waals surface area contributed by atoms with Gasteiger partial charge in [-0.25, -0.2) is 0 Å². The first-order chi connectivity index (χ1) is 9.52. The predicted molar refractivity (Wildman–Crippen MR) is 78.2 cm³/mol. The molecular formula is C14H23N5O. The summed E-state index contributed by atoms with van der Waals surface area (Å²) >= 11 is 0. The van der Waals surface area contributed by atoms with Gasteiger partial charge in [0, 0.05) is 20.0 Å². The van der Waals surface area contributed by atoms with Crippen LogP contribution in [0.1, 0.15) is 44.9 Å². The predicted octanol–water partition coefficient (Wildman–Crippen LogP) is 1.79. The van der Waals surface area contributed by atoms with Crippen LogP contribution in [0.2, 0.25) is 0 Å². The molecule has 110 valence electrons. The van der Waals surface area contributed by atoms with Crippen LogP contribution in [0, 0.1) is 0 Å². The summed E-state index contributed by atoms with van der Waals surface area (Å²) in [5, 5.41) is 3.45. The zero-order valence-electron chi connectivity index (χ0n) is 12.6. The third kappa shape index (κ3) is 2.57. The third-order valence-corrected chi connectivity index (χ3v) is 3.98. The number of hydrogen-bond acceptors (Lipinski definition) is 6. The van der Waals surface area contributed by atoms with E-state index >= 15 is 0 Å². The highest BCUT2D eigenvalue weighted by atomic mass is 16.5. The molecule has 1 N–H and O–H groups in total. The first kappa shape index (κ1) is 13.5. The number of ether oxygens (including phenoxy) is 1. The maximum atomic E-state index is 5.87. The Hall–Kier alpha value is -1.43. The Labute approximate surface area is 120 Å². The average molecular weight is 277 g/mol. The number of fused-ring (bicyclic) bond motifs is 2. The largest absolute Gasteiger partial charge is 0.373 e. The Morgan fingerprint density at radius 1 is 1.20 bits per heavy atom. The highest BCUT2D eigenvalue weighted by molar-refractivity contribution is 5.37. The Balaban J connectivity index is 1.81. The van der Waals surface area contributed by atoms with Gasteiger partial charge >= 0.3 is 0 Å². The summed E-state index contributed by atoms with van der Waals surface area (Å²) in [4.78, 5) is 15.4. The van der Waals surface area contributed by atoms with Crippen molar-refractivity contribution in [2.45, 2.75) is 57.3 Å². The van der Waals surface area contributed by atoms with Crippen LogP contribution < -0.4 is 10.2 Å².